The number of aromatic nitrogens is 3. The van der Waals surface area contributed by atoms with Crippen LogP contribution < -0.4 is 21.3 Å². The number of ether oxygens (including phenoxy) is 1. The van der Waals surface area contributed by atoms with Gasteiger partial charge in [0.1, 0.15) is 0 Å². The van der Waals surface area contributed by atoms with Crippen LogP contribution in [0.25, 0.3) is 0 Å². The second-order valence-corrected chi connectivity index (χ2v) is 4.72. The first kappa shape index (κ1) is 14.7. The summed E-state index contributed by atoms with van der Waals surface area (Å²) in [7, 11) is 0. The Morgan fingerprint density at radius 2 is 2.10 bits per heavy atom. The van der Waals surface area contributed by atoms with Crippen molar-refractivity contribution in [3.05, 3.63) is 0 Å². The van der Waals surface area contributed by atoms with Crippen LogP contribution in [0.5, 0.6) is 6.01 Å². The maximum absolute atomic E-state index is 5.37. The van der Waals surface area contributed by atoms with Crippen molar-refractivity contribution in [1.82, 2.24) is 19.9 Å². The zero-order chi connectivity index (χ0) is 14.4. The molecule has 20 heavy (non-hydrogen) atoms. The number of nitrogens with one attached hydrogen (secondary N) is 2. The maximum Gasteiger partial charge on any atom is 0.323 e. The van der Waals surface area contributed by atoms with Gasteiger partial charge in [0.25, 0.3) is 0 Å². The van der Waals surface area contributed by atoms with Gasteiger partial charge in [-0.05, 0) is 32.9 Å². The first-order valence-electron chi connectivity index (χ1n) is 7.09. The highest BCUT2D eigenvalue weighted by molar-refractivity contribution is 5.35. The molecule has 2 heterocycles. The summed E-state index contributed by atoms with van der Waals surface area (Å²) >= 11 is 0. The van der Waals surface area contributed by atoms with Crippen LogP contribution in [0.1, 0.15) is 26.7 Å². The summed E-state index contributed by atoms with van der Waals surface area (Å²) in [6, 6.07) is 0.618. The molecule has 0 saturated carbocycles. The molecule has 0 aliphatic carbocycles. The Labute approximate surface area is 119 Å². The van der Waals surface area contributed by atoms with Crippen LogP contribution in [-0.2, 0) is 0 Å². The molecule has 1 aliphatic heterocycles. The van der Waals surface area contributed by atoms with Crippen molar-refractivity contribution in [2.75, 3.05) is 37.0 Å². The molecule has 4 N–H and O–H groups in total. The van der Waals surface area contributed by atoms with Crippen molar-refractivity contribution in [3.63, 3.8) is 0 Å². The number of hydrogen-bond acceptors (Lipinski definition) is 8. The third-order valence-electron chi connectivity index (χ3n) is 3.30. The topological polar surface area (TPSA) is 101 Å². The average molecular weight is 281 g/mol. The quantitative estimate of drug-likeness (QED) is 0.510. The number of hydrazine groups is 1. The minimum atomic E-state index is 0.279. The number of anilines is 2. The predicted octanol–water partition coefficient (Wildman–Crippen LogP) is 0.452. The number of piperidine rings is 1. The molecule has 8 heteroatoms. The van der Waals surface area contributed by atoms with E-state index in [2.05, 4.69) is 37.5 Å². The smallest absolute Gasteiger partial charge is 0.323 e. The average Bonchev–Trinajstić information content (AvgIpc) is 2.47. The standard InChI is InChI=1S/C12H23N7O/c1-3-19-7-5-6-9(8-19)14-10-15-11(18-13)17-12(16-10)20-4-2/h9H,3-8,13H2,1-2H3,(H2,14,15,16,17,18). The Kier molecular flexibility index (Phi) is 5.31. The third kappa shape index (κ3) is 3.91. The Morgan fingerprint density at radius 3 is 2.80 bits per heavy atom. The fourth-order valence-corrected chi connectivity index (χ4v) is 2.32. The van der Waals surface area contributed by atoms with Crippen LogP contribution in [0, 0.1) is 0 Å². The van der Waals surface area contributed by atoms with Crippen LogP contribution >= 0.6 is 0 Å². The molecule has 2 rings (SSSR count). The minimum absolute atomic E-state index is 0.279. The van der Waals surface area contributed by atoms with Crippen molar-refractivity contribution in [2.45, 2.75) is 32.7 Å². The normalized spacial score (nSPS) is 19.6. The van der Waals surface area contributed by atoms with Crippen molar-refractivity contribution >= 4 is 11.9 Å². The lowest BCUT2D eigenvalue weighted by atomic mass is 10.1. The molecule has 0 aromatic carbocycles. The Morgan fingerprint density at radius 1 is 1.30 bits per heavy atom. The number of nitrogen functional groups attached to an aromatic ring is 1. The van der Waals surface area contributed by atoms with E-state index >= 15 is 0 Å². The summed E-state index contributed by atoms with van der Waals surface area (Å²) in [5.41, 5.74) is 2.43. The summed E-state index contributed by atoms with van der Waals surface area (Å²) < 4.78 is 5.31. The maximum atomic E-state index is 5.37. The van der Waals surface area contributed by atoms with E-state index in [-0.39, 0.29) is 6.01 Å². The van der Waals surface area contributed by atoms with Gasteiger partial charge in [-0.1, -0.05) is 6.92 Å². The zero-order valence-corrected chi connectivity index (χ0v) is 12.1. The molecule has 0 spiro atoms. The van der Waals surface area contributed by atoms with Crippen LogP contribution in [0.4, 0.5) is 11.9 Å². The molecule has 0 bridgehead atoms. The first-order chi connectivity index (χ1) is 9.75. The van der Waals surface area contributed by atoms with Crippen molar-refractivity contribution in [2.24, 2.45) is 5.84 Å². The number of likely N-dealkylation sites (tertiary alicyclic amines) is 1. The van der Waals surface area contributed by atoms with E-state index in [4.69, 9.17) is 10.6 Å². The van der Waals surface area contributed by atoms with Crippen LogP contribution in [0.3, 0.4) is 0 Å². The molecule has 1 fully saturated rings. The molecule has 1 aromatic heterocycles. The van der Waals surface area contributed by atoms with Gasteiger partial charge < -0.3 is 15.0 Å². The summed E-state index contributed by atoms with van der Waals surface area (Å²) in [5.74, 6) is 6.17. The molecule has 1 aliphatic rings. The fraction of sp³-hybridized carbons (Fsp3) is 0.750. The van der Waals surface area contributed by atoms with Crippen LogP contribution in [-0.4, -0.2) is 52.1 Å². The predicted molar refractivity (Wildman–Crippen MR) is 77.6 cm³/mol. The molecular formula is C12H23N7O. The molecule has 1 unspecified atom stereocenters. The van der Waals surface area contributed by atoms with Gasteiger partial charge in [0.05, 0.1) is 6.61 Å². The fourth-order valence-electron chi connectivity index (χ4n) is 2.32. The molecular weight excluding hydrogens is 258 g/mol. The summed E-state index contributed by atoms with van der Waals surface area (Å²) in [5, 5.41) is 3.34. The summed E-state index contributed by atoms with van der Waals surface area (Å²) in [6.45, 7) is 7.78. The Bertz CT molecular complexity index is 428. The largest absolute Gasteiger partial charge is 0.464 e. The van der Waals surface area contributed by atoms with Crippen molar-refractivity contribution in [3.8, 4) is 6.01 Å². The molecule has 1 saturated heterocycles. The first-order valence-corrected chi connectivity index (χ1v) is 7.09. The second kappa shape index (κ2) is 7.20. The third-order valence-corrected chi connectivity index (χ3v) is 3.30. The van der Waals surface area contributed by atoms with Gasteiger partial charge in [-0.3, -0.25) is 5.43 Å². The highest BCUT2D eigenvalue weighted by atomic mass is 16.5. The van der Waals surface area contributed by atoms with Gasteiger partial charge in [-0.2, -0.15) is 15.0 Å². The highest BCUT2D eigenvalue weighted by Gasteiger charge is 2.20. The highest BCUT2D eigenvalue weighted by Crippen LogP contribution is 2.16. The lowest BCUT2D eigenvalue weighted by molar-refractivity contribution is 0.226. The van der Waals surface area contributed by atoms with Gasteiger partial charge in [-0.15, -0.1) is 0 Å². The molecule has 8 nitrogen and oxygen atoms in total. The molecule has 1 aromatic rings. The van der Waals surface area contributed by atoms with E-state index in [1.54, 1.807) is 0 Å². The lowest BCUT2D eigenvalue weighted by Gasteiger charge is -2.32. The minimum Gasteiger partial charge on any atom is -0.464 e. The second-order valence-electron chi connectivity index (χ2n) is 4.72. The van der Waals surface area contributed by atoms with Crippen LogP contribution in [0.15, 0.2) is 0 Å². The lowest BCUT2D eigenvalue weighted by Crippen LogP contribution is -2.42. The summed E-state index contributed by atoms with van der Waals surface area (Å²) in [6.07, 6.45) is 2.29. The van der Waals surface area contributed by atoms with Crippen LogP contribution in [0.2, 0.25) is 0 Å². The number of nitrogens with zero attached hydrogens (tertiary/aromatic N) is 4. The van der Waals surface area contributed by atoms with Gasteiger partial charge in [0.2, 0.25) is 11.9 Å². The molecule has 112 valence electrons. The number of hydrogen-bond donors (Lipinski definition) is 3. The van der Waals surface area contributed by atoms with Gasteiger partial charge in [-0.25, -0.2) is 5.84 Å². The number of likely N-dealkylation sites (N-methyl/N-ethyl adjacent to an activating group) is 1. The number of rotatable bonds is 6. The van der Waals surface area contributed by atoms with E-state index in [1.165, 1.54) is 6.42 Å². The van der Waals surface area contributed by atoms with Gasteiger partial charge >= 0.3 is 6.01 Å². The zero-order valence-electron chi connectivity index (χ0n) is 12.1. The monoisotopic (exact) mass is 281 g/mol. The van der Waals surface area contributed by atoms with E-state index in [9.17, 15) is 0 Å². The van der Waals surface area contributed by atoms with Gasteiger partial charge in [0.15, 0.2) is 0 Å². The van der Waals surface area contributed by atoms with E-state index in [1.807, 2.05) is 6.92 Å². The molecule has 0 radical (unpaired) electrons. The van der Waals surface area contributed by atoms with E-state index in [0.717, 1.165) is 26.1 Å². The Balaban J connectivity index is 2.05. The van der Waals surface area contributed by atoms with Crippen molar-refractivity contribution < 1.29 is 4.74 Å². The molecule has 0 amide bonds. The summed E-state index contributed by atoms with van der Waals surface area (Å²) in [4.78, 5) is 14.9. The van der Waals surface area contributed by atoms with E-state index < -0.39 is 0 Å². The van der Waals surface area contributed by atoms with E-state index in [0.29, 0.717) is 24.5 Å². The van der Waals surface area contributed by atoms with Crippen molar-refractivity contribution in [1.29, 1.82) is 0 Å². The SMILES string of the molecule is CCOc1nc(NN)nc(NC2CCCN(CC)C2)n1. The number of nitrogens with two attached hydrogens (primary N) is 1. The van der Waals surface area contributed by atoms with Gasteiger partial charge in [0, 0.05) is 12.6 Å². The Hall–Kier alpha value is -1.67. The molecule has 1 atom stereocenters.